The molecule has 2 rings (SSSR count). The SMILES string of the molecule is Cn1cnc2c(F)c(OCCO)ccc21. The van der Waals surface area contributed by atoms with E-state index < -0.39 is 5.82 Å². The number of benzene rings is 1. The molecule has 0 atom stereocenters. The number of aliphatic hydroxyl groups is 1. The molecular formula is C10H11FN2O2. The van der Waals surface area contributed by atoms with E-state index in [0.717, 1.165) is 0 Å². The van der Waals surface area contributed by atoms with Gasteiger partial charge in [0.1, 0.15) is 12.1 Å². The molecule has 5 heteroatoms. The molecule has 1 aromatic carbocycles. The van der Waals surface area contributed by atoms with Crippen LogP contribution in [-0.2, 0) is 7.05 Å². The molecular weight excluding hydrogens is 199 g/mol. The van der Waals surface area contributed by atoms with Crippen LogP contribution in [0.25, 0.3) is 11.0 Å². The Hall–Kier alpha value is -1.62. The number of imidazole rings is 1. The van der Waals surface area contributed by atoms with Gasteiger partial charge in [-0.3, -0.25) is 0 Å². The van der Waals surface area contributed by atoms with E-state index in [9.17, 15) is 4.39 Å². The van der Waals surface area contributed by atoms with Crippen LogP contribution in [0.4, 0.5) is 4.39 Å². The Morgan fingerprint density at radius 3 is 3.07 bits per heavy atom. The summed E-state index contributed by atoms with van der Waals surface area (Å²) in [4.78, 5) is 3.93. The van der Waals surface area contributed by atoms with E-state index in [1.807, 2.05) is 0 Å². The maximum Gasteiger partial charge on any atom is 0.192 e. The lowest BCUT2D eigenvalue weighted by Gasteiger charge is -2.05. The molecule has 15 heavy (non-hydrogen) atoms. The Morgan fingerprint density at radius 2 is 2.33 bits per heavy atom. The van der Waals surface area contributed by atoms with E-state index in [2.05, 4.69) is 4.98 Å². The highest BCUT2D eigenvalue weighted by molar-refractivity contribution is 5.77. The van der Waals surface area contributed by atoms with Crippen molar-refractivity contribution in [2.45, 2.75) is 0 Å². The third-order valence-corrected chi connectivity index (χ3v) is 2.15. The Kier molecular flexibility index (Phi) is 2.55. The minimum atomic E-state index is -0.485. The second-order valence-corrected chi connectivity index (χ2v) is 3.17. The summed E-state index contributed by atoms with van der Waals surface area (Å²) in [6.07, 6.45) is 1.55. The molecule has 2 aromatic rings. The van der Waals surface area contributed by atoms with Crippen LogP contribution in [-0.4, -0.2) is 27.9 Å². The highest BCUT2D eigenvalue weighted by Crippen LogP contribution is 2.24. The first-order valence-corrected chi connectivity index (χ1v) is 4.57. The third-order valence-electron chi connectivity index (χ3n) is 2.15. The number of aromatic nitrogens is 2. The zero-order valence-electron chi connectivity index (χ0n) is 8.27. The van der Waals surface area contributed by atoms with Crippen LogP contribution < -0.4 is 4.74 Å². The zero-order chi connectivity index (χ0) is 10.8. The van der Waals surface area contributed by atoms with E-state index in [-0.39, 0.29) is 24.5 Å². The van der Waals surface area contributed by atoms with Gasteiger partial charge in [0.15, 0.2) is 11.6 Å². The molecule has 0 aliphatic carbocycles. The number of nitrogens with zero attached hydrogens (tertiary/aromatic N) is 2. The molecule has 0 radical (unpaired) electrons. The van der Waals surface area contributed by atoms with Crippen molar-refractivity contribution >= 4 is 11.0 Å². The van der Waals surface area contributed by atoms with Gasteiger partial charge in [-0.1, -0.05) is 0 Å². The van der Waals surface area contributed by atoms with Gasteiger partial charge in [0, 0.05) is 7.05 Å². The molecule has 0 saturated carbocycles. The Balaban J connectivity index is 2.46. The maximum atomic E-state index is 13.7. The average Bonchev–Trinajstić information content (AvgIpc) is 2.61. The third kappa shape index (κ3) is 1.66. The van der Waals surface area contributed by atoms with Crippen LogP contribution in [0.1, 0.15) is 0 Å². The number of fused-ring (bicyclic) bond motifs is 1. The van der Waals surface area contributed by atoms with Crippen LogP contribution in [0.2, 0.25) is 0 Å². The van der Waals surface area contributed by atoms with Crippen molar-refractivity contribution in [3.63, 3.8) is 0 Å². The smallest absolute Gasteiger partial charge is 0.192 e. The van der Waals surface area contributed by atoms with Crippen molar-refractivity contribution in [2.75, 3.05) is 13.2 Å². The molecule has 0 aliphatic rings. The van der Waals surface area contributed by atoms with Crippen LogP contribution in [0.15, 0.2) is 18.5 Å². The predicted octanol–water partition coefficient (Wildman–Crippen LogP) is 1.08. The largest absolute Gasteiger partial charge is 0.488 e. The second kappa shape index (κ2) is 3.86. The molecule has 0 fully saturated rings. The number of rotatable bonds is 3. The summed E-state index contributed by atoms with van der Waals surface area (Å²) in [5, 5.41) is 8.57. The first-order valence-electron chi connectivity index (χ1n) is 4.57. The van der Waals surface area contributed by atoms with E-state index >= 15 is 0 Å². The Morgan fingerprint density at radius 1 is 1.53 bits per heavy atom. The highest BCUT2D eigenvalue weighted by Gasteiger charge is 2.11. The first kappa shape index (κ1) is 9.92. The number of aliphatic hydroxyl groups excluding tert-OH is 1. The van der Waals surface area contributed by atoms with Crippen LogP contribution in [0.3, 0.4) is 0 Å². The summed E-state index contributed by atoms with van der Waals surface area (Å²) in [7, 11) is 1.79. The van der Waals surface area contributed by atoms with Crippen molar-refractivity contribution in [1.29, 1.82) is 0 Å². The van der Waals surface area contributed by atoms with Gasteiger partial charge in [0.05, 0.1) is 18.5 Å². The summed E-state index contributed by atoms with van der Waals surface area (Å²) in [6, 6.07) is 3.27. The van der Waals surface area contributed by atoms with Gasteiger partial charge in [-0.25, -0.2) is 9.37 Å². The van der Waals surface area contributed by atoms with Crippen molar-refractivity contribution in [1.82, 2.24) is 9.55 Å². The fourth-order valence-electron chi connectivity index (χ4n) is 1.42. The summed E-state index contributed by atoms with van der Waals surface area (Å²) in [6.45, 7) is -0.0606. The molecule has 0 spiro atoms. The monoisotopic (exact) mass is 210 g/mol. The lowest BCUT2D eigenvalue weighted by atomic mass is 10.3. The summed E-state index contributed by atoms with van der Waals surface area (Å²) >= 11 is 0. The molecule has 0 amide bonds. The number of hydrogen-bond donors (Lipinski definition) is 1. The quantitative estimate of drug-likeness (QED) is 0.824. The van der Waals surface area contributed by atoms with E-state index in [1.165, 1.54) is 6.07 Å². The van der Waals surface area contributed by atoms with Gasteiger partial charge in [0.25, 0.3) is 0 Å². The van der Waals surface area contributed by atoms with Gasteiger partial charge >= 0.3 is 0 Å². The van der Waals surface area contributed by atoms with Crippen LogP contribution >= 0.6 is 0 Å². The molecule has 0 bridgehead atoms. The Labute approximate surface area is 85.9 Å². The molecule has 0 unspecified atom stereocenters. The molecule has 80 valence electrons. The first-order chi connectivity index (χ1) is 7.24. The van der Waals surface area contributed by atoms with Gasteiger partial charge in [0.2, 0.25) is 0 Å². The summed E-state index contributed by atoms with van der Waals surface area (Å²) in [5.41, 5.74) is 0.997. The molecule has 0 aliphatic heterocycles. The van der Waals surface area contributed by atoms with Gasteiger partial charge in [-0.05, 0) is 12.1 Å². The van der Waals surface area contributed by atoms with E-state index in [4.69, 9.17) is 9.84 Å². The van der Waals surface area contributed by atoms with Crippen LogP contribution in [0.5, 0.6) is 5.75 Å². The highest BCUT2D eigenvalue weighted by atomic mass is 19.1. The van der Waals surface area contributed by atoms with E-state index in [1.54, 1.807) is 24.0 Å². The van der Waals surface area contributed by atoms with Gasteiger partial charge < -0.3 is 14.4 Å². The topological polar surface area (TPSA) is 47.3 Å². The van der Waals surface area contributed by atoms with Crippen LogP contribution in [0, 0.1) is 5.82 Å². The van der Waals surface area contributed by atoms with Gasteiger partial charge in [-0.2, -0.15) is 0 Å². The number of ether oxygens (including phenoxy) is 1. The zero-order valence-corrected chi connectivity index (χ0v) is 8.27. The number of aryl methyl sites for hydroxylation is 1. The van der Waals surface area contributed by atoms with Crippen molar-refractivity contribution < 1.29 is 14.2 Å². The minimum absolute atomic E-state index is 0.0786. The molecule has 1 aromatic heterocycles. The van der Waals surface area contributed by atoms with E-state index in [0.29, 0.717) is 5.52 Å². The lowest BCUT2D eigenvalue weighted by Crippen LogP contribution is -2.03. The molecule has 1 heterocycles. The number of hydrogen-bond acceptors (Lipinski definition) is 3. The average molecular weight is 210 g/mol. The molecule has 4 nitrogen and oxygen atoms in total. The fourth-order valence-corrected chi connectivity index (χ4v) is 1.42. The van der Waals surface area contributed by atoms with Crippen molar-refractivity contribution in [3.8, 4) is 5.75 Å². The fraction of sp³-hybridized carbons (Fsp3) is 0.300. The van der Waals surface area contributed by atoms with Crippen molar-refractivity contribution in [2.24, 2.45) is 7.05 Å². The van der Waals surface area contributed by atoms with Crippen molar-refractivity contribution in [3.05, 3.63) is 24.3 Å². The lowest BCUT2D eigenvalue weighted by molar-refractivity contribution is 0.197. The summed E-state index contributed by atoms with van der Waals surface area (Å²) in [5.74, 6) is -0.364. The predicted molar refractivity (Wildman–Crippen MR) is 53.3 cm³/mol. The minimum Gasteiger partial charge on any atom is -0.488 e. The van der Waals surface area contributed by atoms with Gasteiger partial charge in [-0.15, -0.1) is 0 Å². The normalized spacial score (nSPS) is 10.9. The maximum absolute atomic E-state index is 13.7. The Bertz CT molecular complexity index is 481. The second-order valence-electron chi connectivity index (χ2n) is 3.17. The number of halogens is 1. The molecule has 0 saturated heterocycles. The standard InChI is InChI=1S/C10H11FN2O2/c1-13-6-12-10-7(13)2-3-8(9(10)11)15-5-4-14/h2-3,6,14H,4-5H2,1H3. The summed E-state index contributed by atoms with van der Waals surface area (Å²) < 4.78 is 20.5. The molecule has 1 N–H and O–H groups in total.